The van der Waals surface area contributed by atoms with E-state index < -0.39 is 0 Å². The van der Waals surface area contributed by atoms with Crippen molar-refractivity contribution in [2.45, 2.75) is 31.0 Å². The molecule has 0 saturated carbocycles. The average Bonchev–Trinajstić information content (AvgIpc) is 3.43. The van der Waals surface area contributed by atoms with Gasteiger partial charge in [0, 0.05) is 25.0 Å². The van der Waals surface area contributed by atoms with E-state index in [-0.39, 0.29) is 11.7 Å². The second-order valence-electron chi connectivity index (χ2n) is 7.58. The lowest BCUT2D eigenvalue weighted by molar-refractivity contribution is -0.127. The highest BCUT2D eigenvalue weighted by atomic mass is 35.5. The number of para-hydroxylation sites is 2. The Morgan fingerprint density at radius 3 is 2.69 bits per heavy atom. The number of piperidine rings is 1. The number of anilines is 1. The van der Waals surface area contributed by atoms with Crippen molar-refractivity contribution in [2.24, 2.45) is 0 Å². The van der Waals surface area contributed by atoms with Crippen LogP contribution in [0.5, 0.6) is 5.75 Å². The molecule has 0 unspecified atom stereocenters. The smallest absolute Gasteiger partial charge is 0.233 e. The van der Waals surface area contributed by atoms with Crippen LogP contribution in [0.25, 0.3) is 5.69 Å². The SMILES string of the molecule is COc1ccccc1-n1c(SCC(=O)N(C)Cc2ccc(Cl)s2)nnc1N1CCCCC1. The Hall–Kier alpha value is -2.23. The first-order valence-electron chi connectivity index (χ1n) is 10.5. The second kappa shape index (κ2) is 10.6. The number of carbonyl (C=O) groups is 1. The monoisotopic (exact) mass is 491 g/mol. The number of ether oxygens (including phenoxy) is 1. The van der Waals surface area contributed by atoms with Gasteiger partial charge in [0.2, 0.25) is 11.9 Å². The quantitative estimate of drug-likeness (QED) is 0.424. The van der Waals surface area contributed by atoms with Crippen LogP contribution in [0.15, 0.2) is 41.6 Å². The molecule has 1 fully saturated rings. The maximum absolute atomic E-state index is 12.8. The van der Waals surface area contributed by atoms with E-state index in [1.54, 1.807) is 19.1 Å². The van der Waals surface area contributed by atoms with Gasteiger partial charge < -0.3 is 14.5 Å². The summed E-state index contributed by atoms with van der Waals surface area (Å²) >= 11 is 8.89. The predicted molar refractivity (Wildman–Crippen MR) is 131 cm³/mol. The highest BCUT2D eigenvalue weighted by Crippen LogP contribution is 2.33. The zero-order valence-corrected chi connectivity index (χ0v) is 20.5. The van der Waals surface area contributed by atoms with Crippen molar-refractivity contribution in [3.8, 4) is 11.4 Å². The van der Waals surface area contributed by atoms with E-state index in [0.29, 0.717) is 11.7 Å². The summed E-state index contributed by atoms with van der Waals surface area (Å²) < 4.78 is 8.35. The normalized spacial score (nSPS) is 13.9. The molecule has 0 aliphatic carbocycles. The van der Waals surface area contributed by atoms with Crippen molar-refractivity contribution >= 4 is 46.6 Å². The van der Waals surface area contributed by atoms with E-state index in [1.165, 1.54) is 29.5 Å². The summed E-state index contributed by atoms with van der Waals surface area (Å²) in [6.07, 6.45) is 3.51. The van der Waals surface area contributed by atoms with Gasteiger partial charge in [-0.25, -0.2) is 0 Å². The van der Waals surface area contributed by atoms with E-state index in [2.05, 4.69) is 15.1 Å². The van der Waals surface area contributed by atoms with Crippen molar-refractivity contribution in [3.63, 3.8) is 0 Å². The molecule has 2 aromatic heterocycles. The average molecular weight is 492 g/mol. The van der Waals surface area contributed by atoms with Gasteiger partial charge in [0.15, 0.2) is 5.16 Å². The van der Waals surface area contributed by atoms with Crippen LogP contribution >= 0.6 is 34.7 Å². The van der Waals surface area contributed by atoms with Crippen LogP contribution < -0.4 is 9.64 Å². The van der Waals surface area contributed by atoms with Crippen LogP contribution in [0.2, 0.25) is 4.34 Å². The standard InChI is InChI=1S/C22H26ClN5O2S2/c1-26(14-16-10-11-19(23)32-16)20(29)15-31-22-25-24-21(27-12-6-3-7-13-27)28(22)17-8-4-5-9-18(17)30-2/h4-5,8-11H,3,6-7,12-15H2,1-2H3. The Bertz CT molecular complexity index is 1060. The number of benzene rings is 1. The minimum Gasteiger partial charge on any atom is -0.495 e. The first-order chi connectivity index (χ1) is 15.6. The Morgan fingerprint density at radius 2 is 1.97 bits per heavy atom. The van der Waals surface area contributed by atoms with Crippen LogP contribution in [0.3, 0.4) is 0 Å². The highest BCUT2D eigenvalue weighted by molar-refractivity contribution is 7.99. The summed E-state index contributed by atoms with van der Waals surface area (Å²) in [5.74, 6) is 1.83. The summed E-state index contributed by atoms with van der Waals surface area (Å²) in [4.78, 5) is 17.8. The van der Waals surface area contributed by atoms with Crippen molar-refractivity contribution in [1.29, 1.82) is 0 Å². The van der Waals surface area contributed by atoms with Crippen LogP contribution in [0.4, 0.5) is 5.95 Å². The Balaban J connectivity index is 1.55. The maximum Gasteiger partial charge on any atom is 0.233 e. The number of amides is 1. The van der Waals surface area contributed by atoms with Gasteiger partial charge in [-0.3, -0.25) is 9.36 Å². The number of rotatable bonds is 8. The fourth-order valence-electron chi connectivity index (χ4n) is 3.67. The van der Waals surface area contributed by atoms with Crippen molar-refractivity contribution in [3.05, 3.63) is 45.6 Å². The second-order valence-corrected chi connectivity index (χ2v) is 10.3. The molecule has 0 bridgehead atoms. The zero-order valence-electron chi connectivity index (χ0n) is 18.2. The largest absolute Gasteiger partial charge is 0.495 e. The molecule has 32 heavy (non-hydrogen) atoms. The molecule has 1 amide bonds. The first kappa shape index (κ1) is 22.9. The van der Waals surface area contributed by atoms with Gasteiger partial charge >= 0.3 is 0 Å². The summed E-state index contributed by atoms with van der Waals surface area (Å²) in [5.41, 5.74) is 0.872. The maximum atomic E-state index is 12.8. The third kappa shape index (κ3) is 5.22. The Kier molecular flexibility index (Phi) is 7.59. The number of carbonyl (C=O) groups excluding carboxylic acids is 1. The lowest BCUT2D eigenvalue weighted by Crippen LogP contribution is -2.32. The molecule has 170 valence electrons. The molecule has 1 aliphatic heterocycles. The number of thiophene rings is 1. The molecule has 10 heteroatoms. The topological polar surface area (TPSA) is 63.5 Å². The Labute approximate surface area is 201 Å². The highest BCUT2D eigenvalue weighted by Gasteiger charge is 2.24. The molecule has 0 spiro atoms. The number of thioether (sulfide) groups is 1. The molecule has 0 N–H and O–H groups in total. The van der Waals surface area contributed by atoms with Crippen LogP contribution in [0.1, 0.15) is 24.1 Å². The minimum absolute atomic E-state index is 0.0219. The van der Waals surface area contributed by atoms with Gasteiger partial charge in [0.1, 0.15) is 5.75 Å². The van der Waals surface area contributed by atoms with Crippen LogP contribution in [0, 0.1) is 0 Å². The number of hydrogen-bond donors (Lipinski definition) is 0. The molecule has 7 nitrogen and oxygen atoms in total. The third-order valence-electron chi connectivity index (χ3n) is 5.35. The number of methoxy groups -OCH3 is 1. The van der Waals surface area contributed by atoms with Crippen LogP contribution in [-0.2, 0) is 11.3 Å². The van der Waals surface area contributed by atoms with Gasteiger partial charge in [0.05, 0.1) is 29.4 Å². The third-order valence-corrected chi connectivity index (χ3v) is 7.48. The Morgan fingerprint density at radius 1 is 1.19 bits per heavy atom. The van der Waals surface area contributed by atoms with Crippen LogP contribution in [-0.4, -0.2) is 58.6 Å². The van der Waals surface area contributed by atoms with E-state index in [9.17, 15) is 4.79 Å². The van der Waals surface area contributed by atoms with E-state index in [0.717, 1.165) is 52.5 Å². The molecule has 3 aromatic rings. The summed E-state index contributed by atoms with van der Waals surface area (Å²) in [6, 6.07) is 11.6. The van der Waals surface area contributed by atoms with Gasteiger partial charge in [-0.15, -0.1) is 21.5 Å². The molecule has 4 rings (SSSR count). The van der Waals surface area contributed by atoms with E-state index >= 15 is 0 Å². The number of hydrogen-bond acceptors (Lipinski definition) is 7. The van der Waals surface area contributed by atoms with E-state index in [1.807, 2.05) is 41.0 Å². The molecule has 3 heterocycles. The summed E-state index contributed by atoms with van der Waals surface area (Å²) in [6.45, 7) is 2.43. The van der Waals surface area contributed by atoms with Gasteiger partial charge in [-0.05, 0) is 43.5 Å². The molecular weight excluding hydrogens is 466 g/mol. The van der Waals surface area contributed by atoms with Gasteiger partial charge in [0.25, 0.3) is 0 Å². The molecular formula is C22H26ClN5O2S2. The minimum atomic E-state index is 0.0219. The molecule has 1 aromatic carbocycles. The zero-order chi connectivity index (χ0) is 22.5. The molecule has 1 aliphatic rings. The number of nitrogens with zero attached hydrogens (tertiary/aromatic N) is 5. The lowest BCUT2D eigenvalue weighted by atomic mass is 10.1. The van der Waals surface area contributed by atoms with E-state index in [4.69, 9.17) is 16.3 Å². The fraction of sp³-hybridized carbons (Fsp3) is 0.409. The van der Waals surface area contributed by atoms with Crippen molar-refractivity contribution in [1.82, 2.24) is 19.7 Å². The summed E-state index contributed by atoms with van der Waals surface area (Å²) in [7, 11) is 3.46. The first-order valence-corrected chi connectivity index (χ1v) is 12.7. The fourth-order valence-corrected chi connectivity index (χ4v) is 5.70. The lowest BCUT2D eigenvalue weighted by Gasteiger charge is -2.28. The molecule has 0 radical (unpaired) electrons. The number of aromatic nitrogens is 3. The van der Waals surface area contributed by atoms with Crippen molar-refractivity contribution < 1.29 is 9.53 Å². The summed E-state index contributed by atoms with van der Waals surface area (Å²) in [5, 5.41) is 9.64. The molecule has 1 saturated heterocycles. The molecule has 0 atom stereocenters. The van der Waals surface area contributed by atoms with Gasteiger partial charge in [-0.1, -0.05) is 35.5 Å². The van der Waals surface area contributed by atoms with Gasteiger partial charge in [-0.2, -0.15) is 0 Å². The number of halogens is 1. The predicted octanol–water partition coefficient (Wildman–Crippen LogP) is 4.73. The van der Waals surface area contributed by atoms with Crippen molar-refractivity contribution in [2.75, 3.05) is 37.9 Å².